The Bertz CT molecular complexity index is 688. The highest BCUT2D eigenvalue weighted by Crippen LogP contribution is 2.32. The fourth-order valence-corrected chi connectivity index (χ4v) is 2.37. The number of halogens is 2. The molecule has 1 heterocycles. The first-order chi connectivity index (χ1) is 9.43. The Morgan fingerprint density at radius 2 is 2.00 bits per heavy atom. The summed E-state index contributed by atoms with van der Waals surface area (Å²) in [6.07, 6.45) is 0. The molecule has 7 heteroatoms. The van der Waals surface area contributed by atoms with Gasteiger partial charge in [0.15, 0.2) is 0 Å². The lowest BCUT2D eigenvalue weighted by molar-refractivity contribution is 0.0962. The highest BCUT2D eigenvalue weighted by molar-refractivity contribution is 6.36. The van der Waals surface area contributed by atoms with Crippen LogP contribution in [-0.2, 0) is 0 Å². The lowest BCUT2D eigenvalue weighted by Gasteiger charge is -2.12. The number of nitrogens with two attached hydrogens (primary N) is 1. The average Bonchev–Trinajstić information content (AvgIpc) is 2.37. The van der Waals surface area contributed by atoms with Crippen LogP contribution in [0.2, 0.25) is 10.0 Å². The summed E-state index contributed by atoms with van der Waals surface area (Å²) in [5.74, 6) is -0.223. The van der Waals surface area contributed by atoms with Crippen LogP contribution in [0.1, 0.15) is 16.1 Å². The van der Waals surface area contributed by atoms with E-state index in [-0.39, 0.29) is 11.9 Å². The van der Waals surface area contributed by atoms with E-state index in [1.165, 1.54) is 7.05 Å². The number of benzene rings is 1. The molecular formula is C13H12Cl2N4O. The molecule has 0 spiro atoms. The number of anilines is 1. The van der Waals surface area contributed by atoms with Crippen LogP contribution >= 0.6 is 23.2 Å². The number of nitrogen functional groups attached to an aromatic ring is 1. The first-order valence-corrected chi connectivity index (χ1v) is 6.51. The van der Waals surface area contributed by atoms with Crippen LogP contribution in [0, 0.1) is 6.92 Å². The number of aryl methyl sites for hydroxylation is 1. The molecule has 0 aliphatic heterocycles. The van der Waals surface area contributed by atoms with Crippen LogP contribution in [0.5, 0.6) is 0 Å². The van der Waals surface area contributed by atoms with E-state index >= 15 is 0 Å². The molecule has 3 N–H and O–H groups in total. The fraction of sp³-hybridized carbons (Fsp3) is 0.154. The summed E-state index contributed by atoms with van der Waals surface area (Å²) in [6, 6.07) is 4.95. The van der Waals surface area contributed by atoms with E-state index < -0.39 is 0 Å². The van der Waals surface area contributed by atoms with Gasteiger partial charge in [-0.05, 0) is 25.1 Å². The standard InChI is InChI=1S/C13H12Cl2N4O/c1-6-10(12(20)17-2)11(19-13(16)18-6)8-4-3-7(14)5-9(8)15/h3-5H,1-2H3,(H,17,20)(H2,16,18,19). The number of aromatic nitrogens is 2. The summed E-state index contributed by atoms with van der Waals surface area (Å²) in [5, 5.41) is 3.44. The molecule has 2 rings (SSSR count). The first-order valence-electron chi connectivity index (χ1n) is 5.75. The van der Waals surface area contributed by atoms with Gasteiger partial charge >= 0.3 is 0 Å². The van der Waals surface area contributed by atoms with Gasteiger partial charge in [-0.25, -0.2) is 9.97 Å². The van der Waals surface area contributed by atoms with Gasteiger partial charge in [0.05, 0.1) is 22.0 Å². The third-order valence-electron chi connectivity index (χ3n) is 2.75. The predicted octanol–water partition coefficient (Wildman–Crippen LogP) is 2.70. The fourth-order valence-electron chi connectivity index (χ4n) is 1.87. The lowest BCUT2D eigenvalue weighted by atomic mass is 10.0. The quantitative estimate of drug-likeness (QED) is 0.893. The summed E-state index contributed by atoms with van der Waals surface area (Å²) in [5.41, 5.74) is 7.45. The van der Waals surface area contributed by atoms with E-state index in [1.807, 2.05) is 0 Å². The molecule has 5 nitrogen and oxygen atoms in total. The van der Waals surface area contributed by atoms with E-state index in [2.05, 4.69) is 15.3 Å². The molecule has 0 aliphatic carbocycles. The molecular weight excluding hydrogens is 299 g/mol. The van der Waals surface area contributed by atoms with Crippen molar-refractivity contribution in [3.05, 3.63) is 39.5 Å². The first kappa shape index (κ1) is 14.6. The minimum absolute atomic E-state index is 0.0798. The topological polar surface area (TPSA) is 80.9 Å². The second kappa shape index (κ2) is 5.64. The number of rotatable bonds is 2. The van der Waals surface area contributed by atoms with E-state index in [9.17, 15) is 4.79 Å². The number of nitrogens with zero attached hydrogens (tertiary/aromatic N) is 2. The molecule has 0 bridgehead atoms. The highest BCUT2D eigenvalue weighted by atomic mass is 35.5. The normalized spacial score (nSPS) is 10.4. The lowest BCUT2D eigenvalue weighted by Crippen LogP contribution is -2.22. The van der Waals surface area contributed by atoms with Crippen molar-refractivity contribution in [3.8, 4) is 11.3 Å². The van der Waals surface area contributed by atoms with Crippen molar-refractivity contribution in [2.24, 2.45) is 0 Å². The molecule has 0 unspecified atom stereocenters. The van der Waals surface area contributed by atoms with Crippen molar-refractivity contribution in [2.45, 2.75) is 6.92 Å². The SMILES string of the molecule is CNC(=O)c1c(C)nc(N)nc1-c1ccc(Cl)cc1Cl. The molecule has 0 fully saturated rings. The number of nitrogens with one attached hydrogen (secondary N) is 1. The van der Waals surface area contributed by atoms with Gasteiger partial charge in [0.25, 0.3) is 5.91 Å². The van der Waals surface area contributed by atoms with Gasteiger partial charge in [-0.3, -0.25) is 4.79 Å². The van der Waals surface area contributed by atoms with Crippen LogP contribution in [0.3, 0.4) is 0 Å². The smallest absolute Gasteiger partial charge is 0.255 e. The van der Waals surface area contributed by atoms with Gasteiger partial charge in [-0.2, -0.15) is 0 Å². The van der Waals surface area contributed by atoms with E-state index in [0.717, 1.165) is 0 Å². The van der Waals surface area contributed by atoms with Crippen LogP contribution in [0.15, 0.2) is 18.2 Å². The minimum Gasteiger partial charge on any atom is -0.368 e. The monoisotopic (exact) mass is 310 g/mol. The maximum atomic E-state index is 12.0. The average molecular weight is 311 g/mol. The number of carbonyl (C=O) groups is 1. The molecule has 0 saturated carbocycles. The van der Waals surface area contributed by atoms with E-state index in [4.69, 9.17) is 28.9 Å². The van der Waals surface area contributed by atoms with Crippen molar-refractivity contribution in [1.82, 2.24) is 15.3 Å². The van der Waals surface area contributed by atoms with Crippen LogP contribution in [0.25, 0.3) is 11.3 Å². The van der Waals surface area contributed by atoms with E-state index in [1.54, 1.807) is 25.1 Å². The molecule has 0 aliphatic rings. The van der Waals surface area contributed by atoms with Gasteiger partial charge in [0, 0.05) is 17.6 Å². The minimum atomic E-state index is -0.302. The largest absolute Gasteiger partial charge is 0.368 e. The summed E-state index contributed by atoms with van der Waals surface area (Å²) >= 11 is 12.0. The Labute approximate surface area is 126 Å². The molecule has 2 aromatic rings. The number of hydrogen-bond donors (Lipinski definition) is 2. The van der Waals surface area contributed by atoms with Gasteiger partial charge in [-0.1, -0.05) is 23.2 Å². The summed E-state index contributed by atoms with van der Waals surface area (Å²) in [4.78, 5) is 20.2. The Hall–Kier alpha value is -1.85. The highest BCUT2D eigenvalue weighted by Gasteiger charge is 2.20. The maximum Gasteiger partial charge on any atom is 0.255 e. The van der Waals surface area contributed by atoms with Gasteiger partial charge in [0.2, 0.25) is 5.95 Å². The third kappa shape index (κ3) is 2.69. The van der Waals surface area contributed by atoms with Crippen LogP contribution in [0.4, 0.5) is 5.95 Å². The van der Waals surface area contributed by atoms with E-state index in [0.29, 0.717) is 32.6 Å². The Morgan fingerprint density at radius 1 is 1.30 bits per heavy atom. The van der Waals surface area contributed by atoms with Crippen molar-refractivity contribution in [2.75, 3.05) is 12.8 Å². The van der Waals surface area contributed by atoms with Gasteiger partial charge in [-0.15, -0.1) is 0 Å². The Kier molecular flexibility index (Phi) is 4.11. The molecule has 0 radical (unpaired) electrons. The summed E-state index contributed by atoms with van der Waals surface area (Å²) in [6.45, 7) is 1.69. The summed E-state index contributed by atoms with van der Waals surface area (Å²) in [7, 11) is 1.53. The maximum absolute atomic E-state index is 12.0. The second-order valence-corrected chi connectivity index (χ2v) is 4.94. The molecule has 20 heavy (non-hydrogen) atoms. The Morgan fingerprint density at radius 3 is 2.60 bits per heavy atom. The zero-order valence-corrected chi connectivity index (χ0v) is 12.4. The van der Waals surface area contributed by atoms with Gasteiger partial charge < -0.3 is 11.1 Å². The third-order valence-corrected chi connectivity index (χ3v) is 3.30. The molecule has 1 aromatic carbocycles. The second-order valence-electron chi connectivity index (χ2n) is 4.09. The van der Waals surface area contributed by atoms with Crippen molar-refractivity contribution >= 4 is 35.1 Å². The van der Waals surface area contributed by atoms with Crippen molar-refractivity contribution in [3.63, 3.8) is 0 Å². The van der Waals surface area contributed by atoms with Crippen LogP contribution < -0.4 is 11.1 Å². The molecule has 104 valence electrons. The summed E-state index contributed by atoms with van der Waals surface area (Å²) < 4.78 is 0. The van der Waals surface area contributed by atoms with Crippen molar-refractivity contribution < 1.29 is 4.79 Å². The zero-order valence-electron chi connectivity index (χ0n) is 10.9. The molecule has 0 atom stereocenters. The van der Waals surface area contributed by atoms with Gasteiger partial charge in [0.1, 0.15) is 0 Å². The Balaban J connectivity index is 2.75. The molecule has 1 amide bonds. The zero-order chi connectivity index (χ0) is 14.9. The van der Waals surface area contributed by atoms with Crippen LogP contribution in [-0.4, -0.2) is 22.9 Å². The molecule has 1 aromatic heterocycles. The molecule has 0 saturated heterocycles. The number of amides is 1. The predicted molar refractivity (Wildman–Crippen MR) is 80.0 cm³/mol. The van der Waals surface area contributed by atoms with Crippen molar-refractivity contribution in [1.29, 1.82) is 0 Å². The number of carbonyl (C=O) groups excluding carboxylic acids is 1. The number of hydrogen-bond acceptors (Lipinski definition) is 4.